The lowest BCUT2D eigenvalue weighted by Crippen LogP contribution is -2.37. The Hall–Kier alpha value is -1.45. The number of halogens is 2. The summed E-state index contributed by atoms with van der Waals surface area (Å²) in [6.45, 7) is 2.65. The van der Waals surface area contributed by atoms with Crippen molar-refractivity contribution in [2.75, 3.05) is 6.54 Å². The third-order valence-electron chi connectivity index (χ3n) is 3.93. The first-order valence-electron chi connectivity index (χ1n) is 6.74. The lowest BCUT2D eigenvalue weighted by Gasteiger charge is -2.33. The summed E-state index contributed by atoms with van der Waals surface area (Å²) < 4.78 is 26.5. The van der Waals surface area contributed by atoms with E-state index < -0.39 is 17.5 Å². The molecule has 0 aromatic heterocycles. The molecule has 1 saturated carbocycles. The van der Waals surface area contributed by atoms with Crippen LogP contribution in [0.4, 0.5) is 8.78 Å². The highest BCUT2D eigenvalue weighted by molar-refractivity contribution is 5.94. The van der Waals surface area contributed by atoms with Gasteiger partial charge >= 0.3 is 0 Å². The highest BCUT2D eigenvalue weighted by atomic mass is 19.2. The van der Waals surface area contributed by atoms with Crippen LogP contribution in [0.5, 0.6) is 0 Å². The van der Waals surface area contributed by atoms with Crippen LogP contribution >= 0.6 is 0 Å². The number of benzene rings is 1. The summed E-state index contributed by atoms with van der Waals surface area (Å²) in [6.07, 6.45) is 5.71. The first kappa shape index (κ1) is 14.0. The van der Waals surface area contributed by atoms with Crippen LogP contribution < -0.4 is 5.32 Å². The van der Waals surface area contributed by atoms with E-state index >= 15 is 0 Å². The molecule has 1 aliphatic rings. The second kappa shape index (κ2) is 5.68. The molecule has 0 atom stereocenters. The molecule has 19 heavy (non-hydrogen) atoms. The molecule has 0 saturated heterocycles. The molecule has 0 spiro atoms. The quantitative estimate of drug-likeness (QED) is 0.889. The Morgan fingerprint density at radius 1 is 1.26 bits per heavy atom. The standard InChI is InChI=1S/C15H19F2NO/c1-15(8-3-2-4-9-15)10-18-14(19)11-6-5-7-12(16)13(11)17/h5-7H,2-4,8-10H2,1H3,(H,18,19). The molecule has 1 aromatic carbocycles. The van der Waals surface area contributed by atoms with Crippen LogP contribution in [-0.2, 0) is 0 Å². The van der Waals surface area contributed by atoms with Gasteiger partial charge in [0, 0.05) is 6.54 Å². The van der Waals surface area contributed by atoms with Crippen LogP contribution in [0.3, 0.4) is 0 Å². The van der Waals surface area contributed by atoms with E-state index in [0.717, 1.165) is 18.9 Å². The van der Waals surface area contributed by atoms with Gasteiger partial charge in [-0.2, -0.15) is 0 Å². The zero-order chi connectivity index (χ0) is 13.9. The van der Waals surface area contributed by atoms with Crippen molar-refractivity contribution in [1.29, 1.82) is 0 Å². The number of nitrogens with one attached hydrogen (secondary N) is 1. The Morgan fingerprint density at radius 2 is 1.95 bits per heavy atom. The van der Waals surface area contributed by atoms with Crippen molar-refractivity contribution in [1.82, 2.24) is 5.32 Å². The van der Waals surface area contributed by atoms with Crippen molar-refractivity contribution in [3.8, 4) is 0 Å². The van der Waals surface area contributed by atoms with Gasteiger partial charge in [0.15, 0.2) is 11.6 Å². The van der Waals surface area contributed by atoms with Crippen molar-refractivity contribution in [2.45, 2.75) is 39.0 Å². The molecule has 0 radical (unpaired) electrons. The molecule has 0 unspecified atom stereocenters. The summed E-state index contributed by atoms with van der Waals surface area (Å²) in [5.41, 5.74) is -0.142. The third-order valence-corrected chi connectivity index (χ3v) is 3.93. The Bertz CT molecular complexity index is 467. The highest BCUT2D eigenvalue weighted by Gasteiger charge is 2.27. The number of hydrogen-bond acceptors (Lipinski definition) is 1. The normalized spacial score (nSPS) is 18.1. The van der Waals surface area contributed by atoms with Gasteiger partial charge in [-0.25, -0.2) is 8.78 Å². The van der Waals surface area contributed by atoms with Gasteiger partial charge in [-0.1, -0.05) is 32.3 Å². The topological polar surface area (TPSA) is 29.1 Å². The fraction of sp³-hybridized carbons (Fsp3) is 0.533. The van der Waals surface area contributed by atoms with E-state index in [4.69, 9.17) is 0 Å². The highest BCUT2D eigenvalue weighted by Crippen LogP contribution is 2.34. The van der Waals surface area contributed by atoms with Crippen LogP contribution in [-0.4, -0.2) is 12.5 Å². The molecule has 4 heteroatoms. The van der Waals surface area contributed by atoms with Crippen LogP contribution in [0.15, 0.2) is 18.2 Å². The van der Waals surface area contributed by atoms with E-state index in [9.17, 15) is 13.6 Å². The fourth-order valence-corrected chi connectivity index (χ4v) is 2.65. The van der Waals surface area contributed by atoms with Crippen molar-refractivity contribution in [3.63, 3.8) is 0 Å². The molecular formula is C15H19F2NO. The average molecular weight is 267 g/mol. The lowest BCUT2D eigenvalue weighted by atomic mass is 9.76. The Balaban J connectivity index is 1.99. The van der Waals surface area contributed by atoms with Crippen molar-refractivity contribution < 1.29 is 13.6 Å². The van der Waals surface area contributed by atoms with E-state index in [0.29, 0.717) is 6.54 Å². The number of hydrogen-bond donors (Lipinski definition) is 1. The molecule has 0 bridgehead atoms. The minimum absolute atomic E-state index is 0.0811. The van der Waals surface area contributed by atoms with Gasteiger partial charge in [-0.05, 0) is 30.4 Å². The summed E-state index contributed by atoms with van der Waals surface area (Å²) in [5.74, 6) is -2.60. The number of rotatable bonds is 3. The minimum Gasteiger partial charge on any atom is -0.351 e. The van der Waals surface area contributed by atoms with Gasteiger partial charge in [0.05, 0.1) is 5.56 Å². The second-order valence-corrected chi connectivity index (χ2v) is 5.66. The molecular weight excluding hydrogens is 248 g/mol. The van der Waals surface area contributed by atoms with E-state index in [-0.39, 0.29) is 11.0 Å². The zero-order valence-corrected chi connectivity index (χ0v) is 11.1. The lowest BCUT2D eigenvalue weighted by molar-refractivity contribution is 0.0914. The Morgan fingerprint density at radius 3 is 2.63 bits per heavy atom. The third kappa shape index (κ3) is 3.31. The smallest absolute Gasteiger partial charge is 0.254 e. The van der Waals surface area contributed by atoms with Crippen molar-refractivity contribution >= 4 is 5.91 Å². The summed E-state index contributed by atoms with van der Waals surface area (Å²) in [7, 11) is 0. The predicted molar refractivity (Wildman–Crippen MR) is 69.9 cm³/mol. The van der Waals surface area contributed by atoms with Gasteiger partial charge in [0.1, 0.15) is 0 Å². The molecule has 2 nitrogen and oxygen atoms in total. The Labute approximate surface area is 112 Å². The molecule has 0 aliphatic heterocycles. The predicted octanol–water partition coefficient (Wildman–Crippen LogP) is 3.67. The molecule has 1 aliphatic carbocycles. The van der Waals surface area contributed by atoms with Crippen LogP contribution in [0, 0.1) is 17.0 Å². The SMILES string of the molecule is CC1(CNC(=O)c2cccc(F)c2F)CCCCC1. The zero-order valence-electron chi connectivity index (χ0n) is 11.1. The van der Waals surface area contributed by atoms with E-state index in [1.54, 1.807) is 0 Å². The summed E-state index contributed by atoms with van der Waals surface area (Å²) >= 11 is 0. The first-order valence-corrected chi connectivity index (χ1v) is 6.74. The first-order chi connectivity index (χ1) is 9.02. The van der Waals surface area contributed by atoms with Gasteiger partial charge in [-0.15, -0.1) is 0 Å². The van der Waals surface area contributed by atoms with Gasteiger partial charge in [0.2, 0.25) is 0 Å². The Kier molecular flexibility index (Phi) is 4.17. The van der Waals surface area contributed by atoms with E-state index in [1.807, 2.05) is 0 Å². The molecule has 0 heterocycles. The molecule has 2 rings (SSSR count). The van der Waals surface area contributed by atoms with Gasteiger partial charge < -0.3 is 5.32 Å². The molecule has 1 amide bonds. The summed E-state index contributed by atoms with van der Waals surface area (Å²) in [5, 5.41) is 2.73. The van der Waals surface area contributed by atoms with Crippen LogP contribution in [0.1, 0.15) is 49.4 Å². The molecule has 1 aromatic rings. The maximum Gasteiger partial charge on any atom is 0.254 e. The van der Waals surface area contributed by atoms with Gasteiger partial charge in [-0.3, -0.25) is 4.79 Å². The molecule has 1 N–H and O–H groups in total. The van der Waals surface area contributed by atoms with E-state index in [2.05, 4.69) is 12.2 Å². The van der Waals surface area contributed by atoms with Crippen molar-refractivity contribution in [3.05, 3.63) is 35.4 Å². The number of carbonyl (C=O) groups excluding carboxylic acids is 1. The van der Waals surface area contributed by atoms with Crippen LogP contribution in [0.2, 0.25) is 0 Å². The fourth-order valence-electron chi connectivity index (χ4n) is 2.65. The largest absolute Gasteiger partial charge is 0.351 e. The number of carbonyl (C=O) groups is 1. The second-order valence-electron chi connectivity index (χ2n) is 5.66. The monoisotopic (exact) mass is 267 g/mol. The maximum atomic E-state index is 13.5. The number of amides is 1. The molecule has 104 valence electrons. The van der Waals surface area contributed by atoms with Crippen LogP contribution in [0.25, 0.3) is 0 Å². The van der Waals surface area contributed by atoms with Crippen molar-refractivity contribution in [2.24, 2.45) is 5.41 Å². The summed E-state index contributed by atoms with van der Waals surface area (Å²) in [6, 6.07) is 3.65. The maximum absolute atomic E-state index is 13.5. The van der Waals surface area contributed by atoms with Gasteiger partial charge in [0.25, 0.3) is 5.91 Å². The summed E-state index contributed by atoms with van der Waals surface area (Å²) in [4.78, 5) is 11.9. The molecule has 1 fully saturated rings. The minimum atomic E-state index is -1.08. The van der Waals surface area contributed by atoms with E-state index in [1.165, 1.54) is 31.4 Å². The average Bonchev–Trinajstić information content (AvgIpc) is 2.40.